The molecule has 4 rings (SSSR count). The largest absolute Gasteiger partial charge is 0.497 e. The molecule has 1 aliphatic heterocycles. The third-order valence-corrected chi connectivity index (χ3v) is 4.98. The quantitative estimate of drug-likeness (QED) is 0.666. The van der Waals surface area contributed by atoms with Gasteiger partial charge in [-0.15, -0.1) is 0 Å². The fourth-order valence-electron chi connectivity index (χ4n) is 3.05. The summed E-state index contributed by atoms with van der Waals surface area (Å²) in [4.78, 5) is 19.4. The first-order valence-electron chi connectivity index (χ1n) is 7.71. The van der Waals surface area contributed by atoms with Gasteiger partial charge >= 0.3 is 0 Å². The number of fused-ring (bicyclic) bond motifs is 2. The standard InChI is InChI=1S/C19H15BrN2O2/c1-24-14-6-7-17-13(11-14)10-12-8-9-22(18(12)21-17)19(23)15-4-2-3-5-16(15)20/h2-7,10-11H,8-9H2,1H3. The molecule has 1 aliphatic rings. The molecule has 0 saturated heterocycles. The van der Waals surface area contributed by atoms with Crippen molar-refractivity contribution in [2.24, 2.45) is 0 Å². The second-order valence-electron chi connectivity index (χ2n) is 5.72. The number of anilines is 1. The van der Waals surface area contributed by atoms with Crippen LogP contribution in [-0.4, -0.2) is 24.5 Å². The van der Waals surface area contributed by atoms with Gasteiger partial charge in [0.05, 0.1) is 18.2 Å². The molecule has 0 aliphatic carbocycles. The number of halogens is 1. The zero-order valence-corrected chi connectivity index (χ0v) is 14.7. The number of ether oxygens (including phenoxy) is 1. The minimum Gasteiger partial charge on any atom is -0.497 e. The monoisotopic (exact) mass is 382 g/mol. The first-order chi connectivity index (χ1) is 11.7. The molecule has 0 atom stereocenters. The second kappa shape index (κ2) is 5.91. The lowest BCUT2D eigenvalue weighted by atomic mass is 10.1. The Bertz CT molecular complexity index is 955. The molecule has 3 aromatic rings. The number of aromatic nitrogens is 1. The Morgan fingerprint density at radius 1 is 1.21 bits per heavy atom. The molecule has 0 radical (unpaired) electrons. The van der Waals surface area contributed by atoms with Gasteiger partial charge in [-0.05, 0) is 64.3 Å². The molecule has 0 bridgehead atoms. The summed E-state index contributed by atoms with van der Waals surface area (Å²) in [6.45, 7) is 0.649. The van der Waals surface area contributed by atoms with Crippen LogP contribution in [0.3, 0.4) is 0 Å². The lowest BCUT2D eigenvalue weighted by Gasteiger charge is -2.17. The van der Waals surface area contributed by atoms with Crippen molar-refractivity contribution in [2.75, 3.05) is 18.6 Å². The summed E-state index contributed by atoms with van der Waals surface area (Å²) in [5, 5.41) is 1.03. The van der Waals surface area contributed by atoms with Crippen LogP contribution in [0.5, 0.6) is 5.75 Å². The number of carbonyl (C=O) groups excluding carboxylic acids is 1. The lowest BCUT2D eigenvalue weighted by Crippen LogP contribution is -2.29. The normalized spacial score (nSPS) is 13.2. The fourth-order valence-corrected chi connectivity index (χ4v) is 3.50. The maximum absolute atomic E-state index is 12.9. The number of amides is 1. The Balaban J connectivity index is 1.77. The Labute approximate surface area is 148 Å². The molecule has 2 aromatic carbocycles. The Hall–Kier alpha value is -2.40. The molecule has 5 heteroatoms. The minimum absolute atomic E-state index is 0.0263. The maximum atomic E-state index is 12.9. The van der Waals surface area contributed by atoms with Gasteiger partial charge in [0.25, 0.3) is 5.91 Å². The van der Waals surface area contributed by atoms with Crippen molar-refractivity contribution in [3.8, 4) is 5.75 Å². The van der Waals surface area contributed by atoms with Crippen LogP contribution in [0.15, 0.2) is 53.0 Å². The zero-order valence-electron chi connectivity index (χ0n) is 13.1. The van der Waals surface area contributed by atoms with E-state index >= 15 is 0 Å². The topological polar surface area (TPSA) is 42.4 Å². The molecule has 0 fully saturated rings. The Morgan fingerprint density at radius 2 is 2.04 bits per heavy atom. The van der Waals surface area contributed by atoms with E-state index in [1.54, 1.807) is 12.0 Å². The average molecular weight is 383 g/mol. The number of nitrogens with zero attached hydrogens (tertiary/aromatic N) is 2. The van der Waals surface area contributed by atoms with Gasteiger partial charge in [-0.2, -0.15) is 0 Å². The first-order valence-corrected chi connectivity index (χ1v) is 8.51. The van der Waals surface area contributed by atoms with E-state index in [4.69, 9.17) is 9.72 Å². The van der Waals surface area contributed by atoms with Gasteiger partial charge < -0.3 is 4.74 Å². The van der Waals surface area contributed by atoms with E-state index in [0.717, 1.165) is 38.9 Å². The Kier molecular flexibility index (Phi) is 3.73. The Morgan fingerprint density at radius 3 is 2.83 bits per heavy atom. The van der Waals surface area contributed by atoms with Crippen molar-refractivity contribution in [1.82, 2.24) is 4.98 Å². The van der Waals surface area contributed by atoms with E-state index in [0.29, 0.717) is 12.1 Å². The summed E-state index contributed by atoms with van der Waals surface area (Å²) in [5.74, 6) is 1.54. The number of methoxy groups -OCH3 is 1. The van der Waals surface area contributed by atoms with Gasteiger partial charge in [0, 0.05) is 16.4 Å². The van der Waals surface area contributed by atoms with E-state index < -0.39 is 0 Å². The molecule has 1 aromatic heterocycles. The van der Waals surface area contributed by atoms with E-state index in [9.17, 15) is 4.79 Å². The van der Waals surface area contributed by atoms with Gasteiger partial charge in [-0.25, -0.2) is 4.98 Å². The maximum Gasteiger partial charge on any atom is 0.260 e. The van der Waals surface area contributed by atoms with Crippen molar-refractivity contribution >= 4 is 38.6 Å². The highest BCUT2D eigenvalue weighted by molar-refractivity contribution is 9.10. The SMILES string of the molecule is COc1ccc2nc3c(cc2c1)CCN3C(=O)c1ccccc1Br. The fraction of sp³-hybridized carbons (Fsp3) is 0.158. The third kappa shape index (κ3) is 2.45. The van der Waals surface area contributed by atoms with Crippen LogP contribution in [0.2, 0.25) is 0 Å². The highest BCUT2D eigenvalue weighted by Crippen LogP contribution is 2.32. The molecule has 0 spiro atoms. The molecular weight excluding hydrogens is 368 g/mol. The van der Waals surface area contributed by atoms with E-state index in [-0.39, 0.29) is 5.91 Å². The molecule has 0 saturated carbocycles. The van der Waals surface area contributed by atoms with Gasteiger partial charge in [0.15, 0.2) is 0 Å². The van der Waals surface area contributed by atoms with E-state index in [2.05, 4.69) is 22.0 Å². The molecular formula is C19H15BrN2O2. The third-order valence-electron chi connectivity index (χ3n) is 4.29. The van der Waals surface area contributed by atoms with Crippen LogP contribution >= 0.6 is 15.9 Å². The van der Waals surface area contributed by atoms with Crippen LogP contribution < -0.4 is 9.64 Å². The zero-order chi connectivity index (χ0) is 16.7. The van der Waals surface area contributed by atoms with Gasteiger partial charge in [-0.3, -0.25) is 9.69 Å². The van der Waals surface area contributed by atoms with Crippen molar-refractivity contribution in [2.45, 2.75) is 6.42 Å². The van der Waals surface area contributed by atoms with E-state index in [1.165, 1.54) is 0 Å². The number of benzene rings is 2. The molecule has 0 N–H and O–H groups in total. The predicted octanol–water partition coefficient (Wildman–Crippen LogP) is 4.21. The number of rotatable bonds is 2. The summed E-state index contributed by atoms with van der Waals surface area (Å²) in [6.07, 6.45) is 0.811. The van der Waals surface area contributed by atoms with Crippen LogP contribution in [0, 0.1) is 0 Å². The van der Waals surface area contributed by atoms with Gasteiger partial charge in [0.2, 0.25) is 0 Å². The van der Waals surface area contributed by atoms with Gasteiger partial charge in [-0.1, -0.05) is 12.1 Å². The molecule has 4 nitrogen and oxygen atoms in total. The van der Waals surface area contributed by atoms with Crippen LogP contribution in [0.25, 0.3) is 10.9 Å². The first kappa shape index (κ1) is 15.1. The molecule has 24 heavy (non-hydrogen) atoms. The summed E-state index contributed by atoms with van der Waals surface area (Å²) in [6, 6.07) is 15.4. The number of pyridine rings is 1. The summed E-state index contributed by atoms with van der Waals surface area (Å²) >= 11 is 3.46. The van der Waals surface area contributed by atoms with Crippen LogP contribution in [0.1, 0.15) is 15.9 Å². The van der Waals surface area contributed by atoms with Crippen molar-refractivity contribution in [3.05, 3.63) is 64.1 Å². The molecule has 120 valence electrons. The number of hydrogen-bond donors (Lipinski definition) is 0. The van der Waals surface area contributed by atoms with Crippen LogP contribution in [-0.2, 0) is 6.42 Å². The summed E-state index contributed by atoms with van der Waals surface area (Å²) in [5.41, 5.74) is 2.61. The molecule has 0 unspecified atom stereocenters. The summed E-state index contributed by atoms with van der Waals surface area (Å²) in [7, 11) is 1.65. The highest BCUT2D eigenvalue weighted by atomic mass is 79.9. The smallest absolute Gasteiger partial charge is 0.260 e. The minimum atomic E-state index is -0.0263. The van der Waals surface area contributed by atoms with Crippen LogP contribution in [0.4, 0.5) is 5.82 Å². The highest BCUT2D eigenvalue weighted by Gasteiger charge is 2.28. The molecule has 2 heterocycles. The number of hydrogen-bond acceptors (Lipinski definition) is 3. The number of carbonyl (C=O) groups is 1. The molecule has 1 amide bonds. The lowest BCUT2D eigenvalue weighted by molar-refractivity contribution is 0.0988. The van der Waals surface area contributed by atoms with Crippen molar-refractivity contribution in [1.29, 1.82) is 0 Å². The summed E-state index contributed by atoms with van der Waals surface area (Å²) < 4.78 is 6.07. The second-order valence-corrected chi connectivity index (χ2v) is 6.57. The van der Waals surface area contributed by atoms with Gasteiger partial charge in [0.1, 0.15) is 11.6 Å². The average Bonchev–Trinajstić information content (AvgIpc) is 3.01. The van der Waals surface area contributed by atoms with E-state index in [1.807, 2.05) is 42.5 Å². The van der Waals surface area contributed by atoms with Crippen molar-refractivity contribution < 1.29 is 9.53 Å². The van der Waals surface area contributed by atoms with Crippen molar-refractivity contribution in [3.63, 3.8) is 0 Å². The predicted molar refractivity (Wildman–Crippen MR) is 97.8 cm³/mol.